The van der Waals surface area contributed by atoms with E-state index in [2.05, 4.69) is 11.4 Å². The van der Waals surface area contributed by atoms with Crippen LogP contribution in [-0.2, 0) is 0 Å². The molecule has 0 aliphatic rings. The van der Waals surface area contributed by atoms with Crippen molar-refractivity contribution in [2.45, 2.75) is 13.8 Å². The Morgan fingerprint density at radius 2 is 1.87 bits per heavy atom. The van der Waals surface area contributed by atoms with Crippen LogP contribution in [0.15, 0.2) is 36.4 Å². The molecule has 1 N–H and O–H groups in total. The molecule has 0 atom stereocenters. The molecule has 0 unspecified atom stereocenters. The maximum Gasteiger partial charge on any atom is 0.255 e. The number of methoxy groups -OCH3 is 1. The number of aryl methyl sites for hydroxylation is 2. The number of benzene rings is 2. The molecule has 1 amide bonds. The highest BCUT2D eigenvalue weighted by Gasteiger charge is 2.12. The molecule has 0 aliphatic carbocycles. The van der Waals surface area contributed by atoms with Crippen molar-refractivity contribution < 1.29 is 14.3 Å². The number of amides is 1. The molecule has 0 saturated carbocycles. The van der Waals surface area contributed by atoms with Gasteiger partial charge >= 0.3 is 0 Å². The highest BCUT2D eigenvalue weighted by atomic mass is 35.5. The second-order valence-corrected chi connectivity index (χ2v) is 5.65. The summed E-state index contributed by atoms with van der Waals surface area (Å²) >= 11 is 5.93. The van der Waals surface area contributed by atoms with Gasteiger partial charge in [0.1, 0.15) is 18.1 Å². The first-order chi connectivity index (χ1) is 11.0. The molecule has 122 valence electrons. The molecule has 2 rings (SSSR count). The van der Waals surface area contributed by atoms with Gasteiger partial charge in [-0.2, -0.15) is 0 Å². The molecule has 0 aliphatic heterocycles. The summed E-state index contributed by atoms with van der Waals surface area (Å²) in [5, 5.41) is 3.29. The van der Waals surface area contributed by atoms with Crippen LogP contribution in [0.1, 0.15) is 21.5 Å². The monoisotopic (exact) mass is 333 g/mol. The fourth-order valence-electron chi connectivity index (χ4n) is 2.24. The normalized spacial score (nSPS) is 10.3. The Bertz CT molecular complexity index is 701. The van der Waals surface area contributed by atoms with Crippen molar-refractivity contribution in [3.05, 3.63) is 58.1 Å². The number of hydrogen-bond acceptors (Lipinski definition) is 3. The summed E-state index contributed by atoms with van der Waals surface area (Å²) in [6.45, 7) is 4.81. The standard InChI is InChI=1S/C18H20ClNO3/c1-12-4-6-16(13(2)10-12)23-9-8-20-18(21)15-11-14(19)5-7-17(15)22-3/h4-7,10-11H,8-9H2,1-3H3,(H,20,21). The lowest BCUT2D eigenvalue weighted by atomic mass is 10.1. The maximum absolute atomic E-state index is 12.2. The second kappa shape index (κ2) is 7.88. The first kappa shape index (κ1) is 17.2. The van der Waals surface area contributed by atoms with Crippen LogP contribution in [0.2, 0.25) is 5.02 Å². The van der Waals surface area contributed by atoms with Crippen LogP contribution in [0.4, 0.5) is 0 Å². The molecule has 0 aromatic heterocycles. The molecular formula is C18H20ClNO3. The number of ether oxygens (including phenoxy) is 2. The van der Waals surface area contributed by atoms with Crippen LogP contribution in [0, 0.1) is 13.8 Å². The molecule has 2 aromatic carbocycles. The summed E-state index contributed by atoms with van der Waals surface area (Å²) in [7, 11) is 1.52. The quantitative estimate of drug-likeness (QED) is 0.818. The lowest BCUT2D eigenvalue weighted by molar-refractivity contribution is 0.0944. The third kappa shape index (κ3) is 4.63. The predicted octanol–water partition coefficient (Wildman–Crippen LogP) is 3.77. The van der Waals surface area contributed by atoms with Gasteiger partial charge in [-0.05, 0) is 43.7 Å². The zero-order valence-electron chi connectivity index (χ0n) is 13.5. The average molecular weight is 334 g/mol. The third-order valence-electron chi connectivity index (χ3n) is 3.38. The van der Waals surface area contributed by atoms with Crippen molar-refractivity contribution in [2.24, 2.45) is 0 Å². The van der Waals surface area contributed by atoms with E-state index >= 15 is 0 Å². The fraction of sp³-hybridized carbons (Fsp3) is 0.278. The van der Waals surface area contributed by atoms with E-state index < -0.39 is 0 Å². The SMILES string of the molecule is COc1ccc(Cl)cc1C(=O)NCCOc1ccc(C)cc1C. The van der Waals surface area contributed by atoms with E-state index in [0.717, 1.165) is 11.3 Å². The van der Waals surface area contributed by atoms with Crippen LogP contribution in [0.5, 0.6) is 11.5 Å². The summed E-state index contributed by atoms with van der Waals surface area (Å²) in [4.78, 5) is 12.2. The van der Waals surface area contributed by atoms with E-state index in [1.54, 1.807) is 18.2 Å². The van der Waals surface area contributed by atoms with Crippen LogP contribution in [0.3, 0.4) is 0 Å². The zero-order chi connectivity index (χ0) is 16.8. The zero-order valence-corrected chi connectivity index (χ0v) is 14.2. The smallest absolute Gasteiger partial charge is 0.255 e. The molecule has 0 fully saturated rings. The van der Waals surface area contributed by atoms with Crippen molar-refractivity contribution in [1.82, 2.24) is 5.32 Å². The summed E-state index contributed by atoms with van der Waals surface area (Å²) in [6, 6.07) is 10.9. The first-order valence-electron chi connectivity index (χ1n) is 7.33. The topological polar surface area (TPSA) is 47.6 Å². The van der Waals surface area contributed by atoms with Crippen molar-refractivity contribution in [3.63, 3.8) is 0 Å². The summed E-state index contributed by atoms with van der Waals surface area (Å²) < 4.78 is 10.9. The lowest BCUT2D eigenvalue weighted by Crippen LogP contribution is -2.28. The Kier molecular flexibility index (Phi) is 5.88. The molecule has 0 spiro atoms. The number of nitrogens with one attached hydrogen (secondary N) is 1. The van der Waals surface area contributed by atoms with Crippen molar-refractivity contribution in [2.75, 3.05) is 20.3 Å². The van der Waals surface area contributed by atoms with Gasteiger partial charge in [0.2, 0.25) is 0 Å². The van der Waals surface area contributed by atoms with Crippen LogP contribution in [0.25, 0.3) is 0 Å². The number of carbonyl (C=O) groups excluding carboxylic acids is 1. The van der Waals surface area contributed by atoms with Gasteiger partial charge in [0.25, 0.3) is 5.91 Å². The Morgan fingerprint density at radius 1 is 1.13 bits per heavy atom. The molecule has 23 heavy (non-hydrogen) atoms. The molecule has 4 nitrogen and oxygen atoms in total. The fourth-order valence-corrected chi connectivity index (χ4v) is 2.41. The minimum atomic E-state index is -0.242. The highest BCUT2D eigenvalue weighted by Crippen LogP contribution is 2.22. The predicted molar refractivity (Wildman–Crippen MR) is 91.7 cm³/mol. The molecule has 0 bridgehead atoms. The number of carbonyl (C=O) groups is 1. The van der Waals surface area contributed by atoms with Gasteiger partial charge < -0.3 is 14.8 Å². The van der Waals surface area contributed by atoms with Crippen LogP contribution >= 0.6 is 11.6 Å². The van der Waals surface area contributed by atoms with Gasteiger partial charge in [-0.3, -0.25) is 4.79 Å². The van der Waals surface area contributed by atoms with Crippen LogP contribution in [-0.4, -0.2) is 26.2 Å². The van der Waals surface area contributed by atoms with Crippen molar-refractivity contribution in [1.29, 1.82) is 0 Å². The number of hydrogen-bond donors (Lipinski definition) is 1. The van der Waals surface area contributed by atoms with E-state index in [9.17, 15) is 4.79 Å². The highest BCUT2D eigenvalue weighted by molar-refractivity contribution is 6.31. The summed E-state index contributed by atoms with van der Waals surface area (Å²) in [6.07, 6.45) is 0. The van der Waals surface area contributed by atoms with Gasteiger partial charge in [0.15, 0.2) is 0 Å². The van der Waals surface area contributed by atoms with Gasteiger partial charge in [0, 0.05) is 5.02 Å². The Hall–Kier alpha value is -2.20. The molecule has 5 heteroatoms. The van der Waals surface area contributed by atoms with E-state index in [-0.39, 0.29) is 5.91 Å². The summed E-state index contributed by atoms with van der Waals surface area (Å²) in [5.41, 5.74) is 2.68. The van der Waals surface area contributed by atoms with E-state index in [4.69, 9.17) is 21.1 Å². The maximum atomic E-state index is 12.2. The van der Waals surface area contributed by atoms with E-state index in [1.807, 2.05) is 26.0 Å². The minimum absolute atomic E-state index is 0.242. The van der Waals surface area contributed by atoms with Gasteiger partial charge in [0.05, 0.1) is 19.2 Å². The van der Waals surface area contributed by atoms with Crippen molar-refractivity contribution in [3.8, 4) is 11.5 Å². The molecule has 0 heterocycles. The summed E-state index contributed by atoms with van der Waals surface area (Å²) in [5.74, 6) is 1.07. The molecular weight excluding hydrogens is 314 g/mol. The van der Waals surface area contributed by atoms with E-state index in [0.29, 0.717) is 29.5 Å². The van der Waals surface area contributed by atoms with Crippen LogP contribution < -0.4 is 14.8 Å². The minimum Gasteiger partial charge on any atom is -0.496 e. The van der Waals surface area contributed by atoms with E-state index in [1.165, 1.54) is 12.7 Å². The second-order valence-electron chi connectivity index (χ2n) is 5.22. The third-order valence-corrected chi connectivity index (χ3v) is 3.62. The molecule has 0 saturated heterocycles. The Labute approximate surface area is 141 Å². The van der Waals surface area contributed by atoms with Gasteiger partial charge in [-0.25, -0.2) is 0 Å². The van der Waals surface area contributed by atoms with Gasteiger partial charge in [-0.15, -0.1) is 0 Å². The Balaban J connectivity index is 1.89. The average Bonchev–Trinajstić information content (AvgIpc) is 2.53. The molecule has 0 radical (unpaired) electrons. The first-order valence-corrected chi connectivity index (χ1v) is 7.71. The van der Waals surface area contributed by atoms with Crippen molar-refractivity contribution >= 4 is 17.5 Å². The van der Waals surface area contributed by atoms with Gasteiger partial charge in [-0.1, -0.05) is 29.3 Å². The molecule has 2 aromatic rings. The number of rotatable bonds is 6. The lowest BCUT2D eigenvalue weighted by Gasteiger charge is -2.12. The number of halogens is 1. The largest absolute Gasteiger partial charge is 0.496 e. The Morgan fingerprint density at radius 3 is 2.57 bits per heavy atom.